The van der Waals surface area contributed by atoms with Crippen LogP contribution in [-0.4, -0.2) is 23.3 Å². The second-order valence-corrected chi connectivity index (χ2v) is 3.10. The molecule has 0 bridgehead atoms. The molecule has 1 atom stereocenters. The van der Waals surface area contributed by atoms with Crippen LogP contribution < -0.4 is 4.74 Å². The molecule has 0 fully saturated rings. The number of benzene rings is 1. The molecular formula is C10H11FO4. The minimum Gasteiger partial charge on any atom is -0.496 e. The molecule has 82 valence electrons. The van der Waals surface area contributed by atoms with Gasteiger partial charge in [0.15, 0.2) is 6.10 Å². The zero-order valence-electron chi connectivity index (χ0n) is 8.32. The molecule has 0 aliphatic heterocycles. The van der Waals surface area contributed by atoms with Crippen LogP contribution in [0.25, 0.3) is 0 Å². The number of aliphatic hydroxyl groups is 1. The molecule has 0 aliphatic carbocycles. The zero-order valence-corrected chi connectivity index (χ0v) is 8.32. The van der Waals surface area contributed by atoms with E-state index in [1.165, 1.54) is 13.2 Å². The summed E-state index contributed by atoms with van der Waals surface area (Å²) < 4.78 is 18.2. The van der Waals surface area contributed by atoms with Gasteiger partial charge >= 0.3 is 5.97 Å². The Bertz CT molecular complexity index is 389. The number of carboxylic acids is 1. The number of ether oxygens (including phenoxy) is 1. The largest absolute Gasteiger partial charge is 0.496 e. The number of methoxy groups -OCH3 is 1. The van der Waals surface area contributed by atoms with Gasteiger partial charge in [0, 0.05) is 0 Å². The first-order chi connectivity index (χ1) is 6.97. The van der Waals surface area contributed by atoms with Gasteiger partial charge < -0.3 is 14.9 Å². The highest BCUT2D eigenvalue weighted by Crippen LogP contribution is 2.29. The van der Waals surface area contributed by atoms with E-state index >= 15 is 0 Å². The van der Waals surface area contributed by atoms with Crippen LogP contribution in [0.15, 0.2) is 12.1 Å². The van der Waals surface area contributed by atoms with E-state index in [2.05, 4.69) is 0 Å². The van der Waals surface area contributed by atoms with Gasteiger partial charge in [-0.25, -0.2) is 9.18 Å². The van der Waals surface area contributed by atoms with Crippen molar-refractivity contribution in [3.05, 3.63) is 29.1 Å². The van der Waals surface area contributed by atoms with Crippen LogP contribution in [0.5, 0.6) is 5.75 Å². The molecule has 0 aliphatic rings. The summed E-state index contributed by atoms with van der Waals surface area (Å²) in [6, 6.07) is 2.61. The molecule has 0 saturated heterocycles. The molecule has 0 amide bonds. The number of aliphatic hydroxyl groups excluding tert-OH is 1. The van der Waals surface area contributed by atoms with Crippen molar-refractivity contribution in [2.75, 3.05) is 7.11 Å². The highest BCUT2D eigenvalue weighted by Gasteiger charge is 2.24. The van der Waals surface area contributed by atoms with E-state index in [1.807, 2.05) is 0 Å². The van der Waals surface area contributed by atoms with Gasteiger partial charge in [-0.3, -0.25) is 0 Å². The van der Waals surface area contributed by atoms with Crippen LogP contribution in [0.1, 0.15) is 17.2 Å². The van der Waals surface area contributed by atoms with Gasteiger partial charge in [0.1, 0.15) is 11.6 Å². The van der Waals surface area contributed by atoms with Crippen molar-refractivity contribution >= 4 is 5.97 Å². The summed E-state index contributed by atoms with van der Waals surface area (Å²) >= 11 is 0. The maximum absolute atomic E-state index is 13.4. The molecule has 5 heteroatoms. The number of halogens is 1. The SMILES string of the molecule is COc1cc(C)cc(F)c1C(O)C(=O)O. The summed E-state index contributed by atoms with van der Waals surface area (Å²) in [5.74, 6) is -2.28. The first-order valence-electron chi connectivity index (χ1n) is 4.22. The van der Waals surface area contributed by atoms with E-state index < -0.39 is 17.9 Å². The normalized spacial score (nSPS) is 12.3. The highest BCUT2D eigenvalue weighted by atomic mass is 19.1. The van der Waals surface area contributed by atoms with Crippen molar-refractivity contribution in [2.24, 2.45) is 0 Å². The Balaban J connectivity index is 3.32. The second-order valence-electron chi connectivity index (χ2n) is 3.10. The number of aryl methyl sites for hydroxylation is 1. The van der Waals surface area contributed by atoms with Crippen molar-refractivity contribution in [1.29, 1.82) is 0 Å². The lowest BCUT2D eigenvalue weighted by molar-refractivity contribution is -0.147. The van der Waals surface area contributed by atoms with Gasteiger partial charge in [0.25, 0.3) is 0 Å². The summed E-state index contributed by atoms with van der Waals surface area (Å²) in [5.41, 5.74) is 0.237. The lowest BCUT2D eigenvalue weighted by Gasteiger charge is -2.13. The number of hydrogen-bond donors (Lipinski definition) is 2. The van der Waals surface area contributed by atoms with Crippen LogP contribution in [0.2, 0.25) is 0 Å². The molecule has 4 nitrogen and oxygen atoms in total. The van der Waals surface area contributed by atoms with Crippen LogP contribution >= 0.6 is 0 Å². The van der Waals surface area contributed by atoms with Crippen molar-refractivity contribution < 1.29 is 24.1 Å². The third-order valence-electron chi connectivity index (χ3n) is 1.96. The smallest absolute Gasteiger partial charge is 0.337 e. The third-order valence-corrected chi connectivity index (χ3v) is 1.96. The molecule has 0 heterocycles. The van der Waals surface area contributed by atoms with Gasteiger partial charge in [-0.1, -0.05) is 0 Å². The molecule has 0 spiro atoms. The first kappa shape index (κ1) is 11.5. The molecule has 1 rings (SSSR count). The number of carboxylic acid groups (broad SMARTS) is 1. The Morgan fingerprint density at radius 2 is 2.13 bits per heavy atom. The summed E-state index contributed by atoms with van der Waals surface area (Å²) in [7, 11) is 1.28. The van der Waals surface area contributed by atoms with Crippen LogP contribution in [-0.2, 0) is 4.79 Å². The molecule has 0 saturated carbocycles. The monoisotopic (exact) mass is 214 g/mol. The Kier molecular flexibility index (Phi) is 3.26. The Hall–Kier alpha value is -1.62. The average molecular weight is 214 g/mol. The fraction of sp³-hybridized carbons (Fsp3) is 0.300. The third kappa shape index (κ3) is 2.24. The maximum Gasteiger partial charge on any atom is 0.337 e. The molecule has 2 N–H and O–H groups in total. The highest BCUT2D eigenvalue weighted by molar-refractivity contribution is 5.75. The standard InChI is InChI=1S/C10H11FO4/c1-5-3-6(11)8(7(4-5)15-2)9(12)10(13)14/h3-4,9,12H,1-2H3,(H,13,14). The van der Waals surface area contributed by atoms with E-state index in [9.17, 15) is 14.3 Å². The Morgan fingerprint density at radius 3 is 2.60 bits per heavy atom. The van der Waals surface area contributed by atoms with Gasteiger partial charge in [0.05, 0.1) is 12.7 Å². The van der Waals surface area contributed by atoms with Crippen molar-refractivity contribution in [1.82, 2.24) is 0 Å². The van der Waals surface area contributed by atoms with Crippen molar-refractivity contribution in [2.45, 2.75) is 13.0 Å². The fourth-order valence-electron chi connectivity index (χ4n) is 1.28. The van der Waals surface area contributed by atoms with Gasteiger partial charge in [-0.05, 0) is 24.6 Å². The van der Waals surface area contributed by atoms with Crippen LogP contribution in [0.4, 0.5) is 4.39 Å². The number of hydrogen-bond acceptors (Lipinski definition) is 3. The molecule has 1 aromatic rings. The molecule has 1 unspecified atom stereocenters. The second kappa shape index (κ2) is 4.27. The Morgan fingerprint density at radius 1 is 1.53 bits per heavy atom. The van der Waals surface area contributed by atoms with Gasteiger partial charge in [0.2, 0.25) is 0 Å². The molecule has 0 aromatic heterocycles. The van der Waals surface area contributed by atoms with E-state index in [0.717, 1.165) is 6.07 Å². The number of aliphatic carboxylic acids is 1. The van der Waals surface area contributed by atoms with E-state index in [0.29, 0.717) is 5.56 Å². The minimum absolute atomic E-state index is 0.0300. The molecule has 15 heavy (non-hydrogen) atoms. The minimum atomic E-state index is -1.92. The van der Waals surface area contributed by atoms with Gasteiger partial charge in [-0.15, -0.1) is 0 Å². The summed E-state index contributed by atoms with van der Waals surface area (Å²) in [6.45, 7) is 1.64. The van der Waals surface area contributed by atoms with Crippen molar-refractivity contribution in [3.63, 3.8) is 0 Å². The topological polar surface area (TPSA) is 66.8 Å². The molecule has 1 aromatic carbocycles. The van der Waals surface area contributed by atoms with E-state index in [4.69, 9.17) is 9.84 Å². The quantitative estimate of drug-likeness (QED) is 0.794. The predicted molar refractivity (Wildman–Crippen MR) is 50.3 cm³/mol. The van der Waals surface area contributed by atoms with Crippen molar-refractivity contribution in [3.8, 4) is 5.75 Å². The zero-order chi connectivity index (χ0) is 11.6. The number of carbonyl (C=O) groups is 1. The summed E-state index contributed by atoms with van der Waals surface area (Å²) in [4.78, 5) is 10.5. The average Bonchev–Trinajstić information content (AvgIpc) is 2.15. The lowest BCUT2D eigenvalue weighted by Crippen LogP contribution is -2.13. The maximum atomic E-state index is 13.4. The summed E-state index contributed by atoms with van der Waals surface area (Å²) in [6.07, 6.45) is -1.92. The van der Waals surface area contributed by atoms with E-state index in [1.54, 1.807) is 6.92 Å². The first-order valence-corrected chi connectivity index (χ1v) is 4.22. The molecule has 0 radical (unpaired) electrons. The van der Waals surface area contributed by atoms with Crippen LogP contribution in [0.3, 0.4) is 0 Å². The van der Waals surface area contributed by atoms with E-state index in [-0.39, 0.29) is 11.3 Å². The lowest BCUT2D eigenvalue weighted by atomic mass is 10.1. The fourth-order valence-corrected chi connectivity index (χ4v) is 1.28. The Labute approximate surface area is 85.9 Å². The molecular weight excluding hydrogens is 203 g/mol. The van der Waals surface area contributed by atoms with Gasteiger partial charge in [-0.2, -0.15) is 0 Å². The summed E-state index contributed by atoms with van der Waals surface area (Å²) in [5, 5.41) is 17.8. The predicted octanol–water partition coefficient (Wildman–Crippen LogP) is 1.26. The number of rotatable bonds is 3. The van der Waals surface area contributed by atoms with Crippen LogP contribution in [0, 0.1) is 12.7 Å².